The first-order valence-corrected chi connectivity index (χ1v) is 18.4. The van der Waals surface area contributed by atoms with Gasteiger partial charge in [-0.1, -0.05) is 36.4 Å². The highest BCUT2D eigenvalue weighted by Crippen LogP contribution is 2.36. The molecule has 2 fully saturated rings. The minimum absolute atomic E-state index is 0.0946. The predicted molar refractivity (Wildman–Crippen MR) is 195 cm³/mol. The van der Waals surface area contributed by atoms with Gasteiger partial charge in [-0.2, -0.15) is 52.7 Å². The summed E-state index contributed by atoms with van der Waals surface area (Å²) in [6.45, 7) is 5.69. The summed E-state index contributed by atoms with van der Waals surface area (Å²) < 4.78 is 171. The molecule has 2 aliphatic rings. The monoisotopic (exact) mass is 904 g/mol. The van der Waals surface area contributed by atoms with Crippen LogP contribution in [0.2, 0.25) is 0 Å². The van der Waals surface area contributed by atoms with Crippen molar-refractivity contribution in [1.82, 2.24) is 30.0 Å². The molecular weight excluding hydrogens is 866 g/mol. The van der Waals surface area contributed by atoms with Gasteiger partial charge in [0.2, 0.25) is 6.10 Å². The largest absolute Gasteiger partial charge is 0.434 e. The molecule has 62 heavy (non-hydrogen) atoms. The summed E-state index contributed by atoms with van der Waals surface area (Å²) in [5.74, 6) is -0.591. The second-order valence-corrected chi connectivity index (χ2v) is 13.7. The molecule has 0 aliphatic carbocycles. The van der Waals surface area contributed by atoms with Crippen molar-refractivity contribution in [3.63, 3.8) is 0 Å². The number of amides is 1. The van der Waals surface area contributed by atoms with Crippen molar-refractivity contribution in [2.75, 3.05) is 52.4 Å². The molecule has 4 heterocycles. The SMILES string of the molecule is Fc1cccc(-c2ccc(CN3CCNCC3)nc2)c1.O=C(OC(C(F)(F)F)C(F)(F)F)N1CCN(Cc2ccc(-c3cccc(F)c3)cn2)CC1.OC(C(F)(F)F)C(F)(F)F. The number of ether oxygens (including phenoxy) is 1. The zero-order valence-corrected chi connectivity index (χ0v) is 32.1. The van der Waals surface area contributed by atoms with Crippen molar-refractivity contribution in [3.05, 3.63) is 108 Å². The van der Waals surface area contributed by atoms with Crippen molar-refractivity contribution in [3.8, 4) is 22.3 Å². The lowest BCUT2D eigenvalue weighted by molar-refractivity contribution is -0.309. The minimum atomic E-state index is -5.75. The number of aliphatic hydroxyl groups excluding tert-OH is 1. The molecule has 2 aliphatic heterocycles. The Kier molecular flexibility index (Phi) is 17.0. The fourth-order valence-electron chi connectivity index (χ4n) is 5.81. The molecular formula is C39H38F14N6O3. The Bertz CT molecular complexity index is 1970. The average Bonchev–Trinajstić information content (AvgIpc) is 3.20. The molecule has 2 aromatic heterocycles. The number of rotatable bonds is 7. The molecule has 2 N–H and O–H groups in total. The zero-order chi connectivity index (χ0) is 45.9. The molecule has 4 aromatic rings. The van der Waals surface area contributed by atoms with Gasteiger partial charge in [-0.3, -0.25) is 19.8 Å². The average molecular weight is 905 g/mol. The first kappa shape index (κ1) is 49.5. The van der Waals surface area contributed by atoms with Crippen molar-refractivity contribution < 1.29 is 76.1 Å². The molecule has 0 unspecified atom stereocenters. The maximum Gasteiger partial charge on any atom is 0.434 e. The maximum atomic E-state index is 13.3. The van der Waals surface area contributed by atoms with Crippen molar-refractivity contribution in [1.29, 1.82) is 0 Å². The van der Waals surface area contributed by atoms with Crippen LogP contribution in [0.5, 0.6) is 0 Å². The van der Waals surface area contributed by atoms with Gasteiger partial charge in [0.1, 0.15) is 11.6 Å². The van der Waals surface area contributed by atoms with Gasteiger partial charge in [0.15, 0.2) is 0 Å². The van der Waals surface area contributed by atoms with Gasteiger partial charge >= 0.3 is 30.8 Å². The van der Waals surface area contributed by atoms with Crippen LogP contribution in [0.4, 0.5) is 66.3 Å². The Morgan fingerprint density at radius 2 is 1.02 bits per heavy atom. The predicted octanol–water partition coefficient (Wildman–Crippen LogP) is 8.40. The number of carbonyl (C=O) groups excluding carboxylic acids is 1. The molecule has 23 heteroatoms. The lowest BCUT2D eigenvalue weighted by Gasteiger charge is -2.35. The van der Waals surface area contributed by atoms with Gasteiger partial charge in [-0.25, -0.2) is 13.6 Å². The molecule has 9 nitrogen and oxygen atoms in total. The summed E-state index contributed by atoms with van der Waals surface area (Å²) in [5, 5.41) is 10.8. The van der Waals surface area contributed by atoms with E-state index >= 15 is 0 Å². The molecule has 0 radical (unpaired) electrons. The van der Waals surface area contributed by atoms with E-state index in [0.717, 1.165) is 54.4 Å². The molecule has 0 bridgehead atoms. The Balaban J connectivity index is 0.000000238. The molecule has 0 spiro atoms. The Morgan fingerprint density at radius 3 is 1.35 bits per heavy atom. The second kappa shape index (κ2) is 21.3. The molecule has 0 saturated carbocycles. The van der Waals surface area contributed by atoms with E-state index in [1.165, 1.54) is 24.3 Å². The van der Waals surface area contributed by atoms with Crippen LogP contribution in [0, 0.1) is 11.6 Å². The molecule has 1 amide bonds. The van der Waals surface area contributed by atoms with Crippen molar-refractivity contribution in [2.45, 2.75) is 50.0 Å². The van der Waals surface area contributed by atoms with Gasteiger partial charge < -0.3 is 20.1 Å². The fourth-order valence-corrected chi connectivity index (χ4v) is 5.81. The van der Waals surface area contributed by atoms with Crippen LogP contribution in [-0.4, -0.2) is 125 Å². The molecule has 340 valence electrons. The lowest BCUT2D eigenvalue weighted by Crippen LogP contribution is -2.52. The number of pyridine rings is 2. The minimum Gasteiger partial charge on any atom is -0.426 e. The van der Waals surface area contributed by atoms with E-state index in [1.807, 2.05) is 29.3 Å². The number of piperazine rings is 2. The van der Waals surface area contributed by atoms with E-state index in [1.54, 1.807) is 36.5 Å². The Hall–Kier alpha value is -5.13. The molecule has 2 saturated heterocycles. The fraction of sp³-hybridized carbons (Fsp3) is 0.410. The third-order valence-electron chi connectivity index (χ3n) is 9.01. The molecule has 2 aromatic carbocycles. The van der Waals surface area contributed by atoms with Gasteiger partial charge in [-0.15, -0.1) is 0 Å². The number of halogens is 14. The highest BCUT2D eigenvalue weighted by atomic mass is 19.4. The first-order valence-electron chi connectivity index (χ1n) is 18.4. The number of hydrogen-bond donors (Lipinski definition) is 2. The van der Waals surface area contributed by atoms with Crippen LogP contribution in [0.15, 0.2) is 85.2 Å². The number of alkyl halides is 12. The maximum absolute atomic E-state index is 13.3. The Morgan fingerprint density at radius 1 is 0.597 bits per heavy atom. The number of benzene rings is 2. The van der Waals surface area contributed by atoms with E-state index in [2.05, 4.69) is 24.9 Å². The van der Waals surface area contributed by atoms with E-state index in [0.29, 0.717) is 23.4 Å². The summed E-state index contributed by atoms with van der Waals surface area (Å²) in [5.41, 5.74) is 4.92. The molecule has 6 rings (SSSR count). The third kappa shape index (κ3) is 15.6. The topological polar surface area (TPSA) is 94.1 Å². The van der Waals surface area contributed by atoms with Crippen LogP contribution >= 0.6 is 0 Å². The van der Waals surface area contributed by atoms with Gasteiger partial charge in [-0.05, 0) is 47.5 Å². The highest BCUT2D eigenvalue weighted by Gasteiger charge is 2.60. The van der Waals surface area contributed by atoms with Gasteiger partial charge in [0, 0.05) is 89.0 Å². The number of carbonyl (C=O) groups is 1. The number of aliphatic hydroxyl groups is 1. The summed E-state index contributed by atoms with van der Waals surface area (Å²) in [7, 11) is 0. The van der Waals surface area contributed by atoms with E-state index in [9.17, 15) is 66.3 Å². The van der Waals surface area contributed by atoms with Crippen LogP contribution < -0.4 is 5.32 Å². The standard InChI is InChI=1S/C20H18F7N3O2.C16H18FN3.C3H2F6O/c21-15-3-1-2-13(10-15)14-4-5-16(28-11-14)12-29-6-8-30(9-7-29)18(31)32-17(19(22,23)24)20(25,26)27;17-15-3-1-2-13(10-15)14-4-5-16(19-11-14)12-20-8-6-18-7-9-20;4-2(5,6)1(10)3(7,8)9/h1-5,10-11,17H,6-9,12H2;1-5,10-11,18H,6-9,12H2;1,10H. The van der Waals surface area contributed by atoms with Gasteiger partial charge in [0.05, 0.1) is 11.4 Å². The van der Waals surface area contributed by atoms with E-state index < -0.39 is 43.0 Å². The van der Waals surface area contributed by atoms with Crippen molar-refractivity contribution in [2.24, 2.45) is 0 Å². The first-order chi connectivity index (χ1) is 28.9. The molecule has 0 atom stereocenters. The summed E-state index contributed by atoms with van der Waals surface area (Å²) in [6.07, 6.45) is -29.4. The van der Waals surface area contributed by atoms with E-state index in [-0.39, 0.29) is 37.8 Å². The Labute approximate surface area is 344 Å². The lowest BCUT2D eigenvalue weighted by atomic mass is 10.1. The number of nitrogens with zero attached hydrogens (tertiary/aromatic N) is 5. The number of nitrogens with one attached hydrogen (secondary N) is 1. The van der Waals surface area contributed by atoms with Crippen LogP contribution in [0.25, 0.3) is 22.3 Å². The third-order valence-corrected chi connectivity index (χ3v) is 9.01. The quantitative estimate of drug-likeness (QED) is 0.179. The number of aromatic nitrogens is 2. The highest BCUT2D eigenvalue weighted by molar-refractivity contribution is 5.68. The van der Waals surface area contributed by atoms with Gasteiger partial charge in [0.25, 0.3) is 6.10 Å². The van der Waals surface area contributed by atoms with E-state index in [4.69, 9.17) is 5.11 Å². The normalized spacial score (nSPS) is 15.7. The summed E-state index contributed by atoms with van der Waals surface area (Å²) in [6, 6.07) is 20.2. The van der Waals surface area contributed by atoms with Crippen LogP contribution in [0.3, 0.4) is 0 Å². The smallest absolute Gasteiger partial charge is 0.426 e. The van der Waals surface area contributed by atoms with Crippen LogP contribution in [-0.2, 0) is 17.8 Å². The zero-order valence-electron chi connectivity index (χ0n) is 32.1. The van der Waals surface area contributed by atoms with Crippen molar-refractivity contribution >= 4 is 6.09 Å². The summed E-state index contributed by atoms with van der Waals surface area (Å²) in [4.78, 5) is 25.7. The number of hydrogen-bond acceptors (Lipinski definition) is 8. The summed E-state index contributed by atoms with van der Waals surface area (Å²) >= 11 is 0. The van der Waals surface area contributed by atoms with Crippen LogP contribution in [0.1, 0.15) is 11.4 Å². The second-order valence-electron chi connectivity index (χ2n) is 13.7.